The molecule has 4 N–H and O–H groups in total. The maximum Gasteiger partial charge on any atom is 0.514 e. The average molecular weight is 819 g/mol. The molecule has 58 heavy (non-hydrogen) atoms. The Hall–Kier alpha value is -5.40. The van der Waals surface area contributed by atoms with Crippen molar-refractivity contribution in [2.45, 2.75) is 75.9 Å². The van der Waals surface area contributed by atoms with Crippen LogP contribution in [-0.4, -0.2) is 114 Å². The number of amides is 1. The summed E-state index contributed by atoms with van der Waals surface area (Å²) in [5.74, 6) is -3.47. The largest absolute Gasteiger partial charge is 0.514 e. The first kappa shape index (κ1) is 43.7. The lowest BCUT2D eigenvalue weighted by Crippen LogP contribution is -2.69. The number of Topliss-reactive ketones (excluding diaryl/α,β-unsaturated/α-hetero) is 1. The molecule has 2 unspecified atom stereocenters. The second-order valence-electron chi connectivity index (χ2n) is 15.1. The first-order valence-electron chi connectivity index (χ1n) is 18.7. The maximum atomic E-state index is 17.3. The normalized spacial score (nSPS) is 30.9. The van der Waals surface area contributed by atoms with Crippen LogP contribution in [0.1, 0.15) is 57.9 Å². The number of methoxy groups -OCH3 is 1. The van der Waals surface area contributed by atoms with E-state index in [0.29, 0.717) is 30.4 Å². The molecule has 0 aliphatic heterocycles. The van der Waals surface area contributed by atoms with E-state index < -0.39 is 81.8 Å². The third-order valence-corrected chi connectivity index (χ3v) is 12.0. The number of rotatable bonds is 16. The number of carbonyl (C=O) groups excluding carboxylic acids is 5. The molecule has 1 amide bonds. The number of aliphatic hydroxyl groups excluding tert-OH is 2. The van der Waals surface area contributed by atoms with Crippen LogP contribution < -0.4 is 14.8 Å². The summed E-state index contributed by atoms with van der Waals surface area (Å²) in [6.07, 6.45) is 1.89. The van der Waals surface area contributed by atoms with Gasteiger partial charge in [0.15, 0.2) is 35.2 Å². The lowest BCUT2D eigenvalue weighted by molar-refractivity contribution is -0.757. The maximum absolute atomic E-state index is 17.3. The Morgan fingerprint density at radius 1 is 1.03 bits per heavy atom. The van der Waals surface area contributed by atoms with Gasteiger partial charge in [-0.15, -0.1) is 10.1 Å². The van der Waals surface area contributed by atoms with Gasteiger partial charge in [-0.3, -0.25) is 9.59 Å². The Bertz CT molecular complexity index is 1880. The van der Waals surface area contributed by atoms with Gasteiger partial charge in [0.25, 0.3) is 5.09 Å². The van der Waals surface area contributed by atoms with Crippen LogP contribution >= 0.6 is 0 Å². The first-order valence-corrected chi connectivity index (χ1v) is 18.7. The van der Waals surface area contributed by atoms with E-state index in [0.717, 1.165) is 6.08 Å². The molecule has 0 radical (unpaired) electrons. The minimum absolute atomic E-state index is 0.0257. The van der Waals surface area contributed by atoms with Crippen LogP contribution in [0.25, 0.3) is 6.08 Å². The van der Waals surface area contributed by atoms with E-state index in [2.05, 4.69) is 10.2 Å². The van der Waals surface area contributed by atoms with Gasteiger partial charge in [0.1, 0.15) is 6.61 Å². The average Bonchev–Trinajstić information content (AvgIpc) is 3.38. The molecular formula is C39H47FN2O16. The number of fused-ring (bicyclic) bond motifs is 5. The SMILES string of the molecule is COc1cc(/C=C/C(=O)OCCCCO[N+](=O)[O-])ccc1OC(=O)OCCNC(=O)OCC(=O)[C@@]1(O)[C@H](O)CC2C3CCC4=CC(=O)C=C[C@]4(C)[C@@]3(F)[C@@H](O)C[C@@]21C. The summed E-state index contributed by atoms with van der Waals surface area (Å²) in [4.78, 5) is 76.6. The predicted molar refractivity (Wildman–Crippen MR) is 196 cm³/mol. The Morgan fingerprint density at radius 2 is 1.78 bits per heavy atom. The van der Waals surface area contributed by atoms with Gasteiger partial charge in [0.2, 0.25) is 5.78 Å². The van der Waals surface area contributed by atoms with Gasteiger partial charge in [-0.25, -0.2) is 18.8 Å². The summed E-state index contributed by atoms with van der Waals surface area (Å²) in [6.45, 7) is 1.45. The number of allylic oxidation sites excluding steroid dienone is 4. The molecule has 0 spiro atoms. The number of alkyl halides is 1. The Labute approximate surface area is 332 Å². The van der Waals surface area contributed by atoms with E-state index in [-0.39, 0.29) is 62.9 Å². The van der Waals surface area contributed by atoms with E-state index >= 15 is 4.39 Å². The number of ether oxygens (including phenoxy) is 5. The molecule has 5 rings (SSSR count). The van der Waals surface area contributed by atoms with Gasteiger partial charge in [-0.2, -0.15) is 0 Å². The summed E-state index contributed by atoms with van der Waals surface area (Å²) >= 11 is 0. The van der Waals surface area contributed by atoms with Crippen LogP contribution in [0.3, 0.4) is 0 Å². The summed E-state index contributed by atoms with van der Waals surface area (Å²) in [5, 5.41) is 45.9. The van der Waals surface area contributed by atoms with Crippen molar-refractivity contribution in [3.8, 4) is 11.5 Å². The second kappa shape index (κ2) is 17.6. The number of ketones is 2. The fraction of sp³-hybridized carbons (Fsp3) is 0.564. The van der Waals surface area contributed by atoms with E-state index in [1.54, 1.807) is 6.92 Å². The molecule has 0 aromatic heterocycles. The Balaban J connectivity index is 1.06. The van der Waals surface area contributed by atoms with Gasteiger partial charge in [0, 0.05) is 22.8 Å². The summed E-state index contributed by atoms with van der Waals surface area (Å²) < 4.78 is 42.7. The van der Waals surface area contributed by atoms with Crippen molar-refractivity contribution in [2.24, 2.45) is 22.7 Å². The highest BCUT2D eigenvalue weighted by atomic mass is 19.1. The fourth-order valence-electron chi connectivity index (χ4n) is 9.03. The van der Waals surface area contributed by atoms with Gasteiger partial charge < -0.3 is 49.2 Å². The lowest BCUT2D eigenvalue weighted by Gasteiger charge is -2.62. The molecule has 0 saturated heterocycles. The number of nitrogens with zero attached hydrogens (tertiary/aromatic N) is 1. The summed E-state index contributed by atoms with van der Waals surface area (Å²) in [6, 6.07) is 4.36. The minimum atomic E-state index is -2.48. The molecule has 4 aliphatic carbocycles. The molecule has 3 saturated carbocycles. The van der Waals surface area contributed by atoms with E-state index in [9.17, 15) is 49.4 Å². The quantitative estimate of drug-likeness (QED) is 0.0355. The third-order valence-electron chi connectivity index (χ3n) is 12.0. The Kier molecular flexibility index (Phi) is 13.3. The number of alkyl carbamates (subject to hydrolysis) is 1. The molecule has 1 aromatic carbocycles. The molecule has 316 valence electrons. The van der Waals surface area contributed by atoms with Crippen LogP contribution in [0.4, 0.5) is 14.0 Å². The van der Waals surface area contributed by atoms with Gasteiger partial charge in [-0.05, 0) is 87.3 Å². The highest BCUT2D eigenvalue weighted by Crippen LogP contribution is 2.69. The van der Waals surface area contributed by atoms with Gasteiger partial charge in [-0.1, -0.05) is 24.6 Å². The molecule has 3 fully saturated rings. The molecule has 18 nitrogen and oxygen atoms in total. The number of esters is 1. The molecule has 0 heterocycles. The monoisotopic (exact) mass is 818 g/mol. The van der Waals surface area contributed by atoms with Crippen LogP contribution in [0.5, 0.6) is 11.5 Å². The molecule has 0 bridgehead atoms. The van der Waals surface area contributed by atoms with Crippen molar-refractivity contribution in [2.75, 3.05) is 40.1 Å². The smallest absolute Gasteiger partial charge is 0.493 e. The fourth-order valence-corrected chi connectivity index (χ4v) is 9.03. The number of hydrogen-bond donors (Lipinski definition) is 4. The predicted octanol–water partition coefficient (Wildman–Crippen LogP) is 3.12. The number of unbranched alkanes of at least 4 members (excludes halogenated alkanes) is 1. The van der Waals surface area contributed by atoms with Crippen molar-refractivity contribution in [1.29, 1.82) is 0 Å². The molecule has 19 heteroatoms. The van der Waals surface area contributed by atoms with Crippen molar-refractivity contribution in [3.63, 3.8) is 0 Å². The van der Waals surface area contributed by atoms with Crippen LogP contribution in [0, 0.1) is 32.8 Å². The van der Waals surface area contributed by atoms with Gasteiger partial charge >= 0.3 is 18.2 Å². The lowest BCUT2D eigenvalue weighted by atomic mass is 9.44. The van der Waals surface area contributed by atoms with E-state index in [1.165, 1.54) is 56.5 Å². The van der Waals surface area contributed by atoms with E-state index in [4.69, 9.17) is 23.7 Å². The van der Waals surface area contributed by atoms with Crippen molar-refractivity contribution in [1.82, 2.24) is 5.32 Å². The zero-order valence-electron chi connectivity index (χ0n) is 32.2. The highest BCUT2D eigenvalue weighted by Gasteiger charge is 2.76. The minimum Gasteiger partial charge on any atom is -0.493 e. The third kappa shape index (κ3) is 8.42. The zero-order chi connectivity index (χ0) is 42.5. The van der Waals surface area contributed by atoms with Crippen LogP contribution in [-0.2, 0) is 33.4 Å². The molecular weight excluding hydrogens is 771 g/mol. The molecule has 1 aromatic rings. The van der Waals surface area contributed by atoms with E-state index in [1.807, 2.05) is 0 Å². The first-order chi connectivity index (χ1) is 27.4. The summed E-state index contributed by atoms with van der Waals surface area (Å²) in [5.41, 5.74) is -6.46. The number of halogens is 1. The molecule has 4 aliphatic rings. The Morgan fingerprint density at radius 3 is 2.50 bits per heavy atom. The number of hydrogen-bond acceptors (Lipinski definition) is 16. The summed E-state index contributed by atoms with van der Waals surface area (Å²) in [7, 11) is 1.32. The second-order valence-corrected chi connectivity index (χ2v) is 15.1. The topological polar surface area (TPSA) is 257 Å². The van der Waals surface area contributed by atoms with Crippen molar-refractivity contribution >= 4 is 35.9 Å². The molecule has 8 atom stereocenters. The van der Waals surface area contributed by atoms with Gasteiger partial charge in [0.05, 0.1) is 39.1 Å². The number of aliphatic hydroxyl groups is 3. The standard InChI is InChI=1S/C39H47FN2O16/c1-36-13-12-25(43)19-24(36)8-9-26-27-20-30(44)39(50,37(27,2)21-31(45)38(26,36)40)32(46)22-56-34(48)41-14-17-55-35(49)58-28-10-6-23(18-29(28)53-3)7-11-33(47)54-15-4-5-16-57-42(51)52/h6-7,10-13,18-19,26-27,30-31,44-45,50H,4-5,8-9,14-17,20-22H2,1-3H3,(H,41,48)/b11-7+/t26?,27?,30-,31+,36+,37+,38+,39+/m1/s1. The number of carbonyl (C=O) groups is 5. The zero-order valence-corrected chi connectivity index (χ0v) is 32.2. The number of nitrogens with one attached hydrogen (secondary N) is 1. The number of benzene rings is 1. The van der Waals surface area contributed by atoms with Crippen LogP contribution in [0.2, 0.25) is 0 Å². The van der Waals surface area contributed by atoms with Crippen molar-refractivity contribution < 1.29 is 77.3 Å². The van der Waals surface area contributed by atoms with Crippen molar-refractivity contribution in [3.05, 3.63) is 63.8 Å². The van der Waals surface area contributed by atoms with Crippen LogP contribution in [0.15, 0.2) is 48.1 Å². The highest BCUT2D eigenvalue weighted by molar-refractivity contribution is 6.01.